The van der Waals surface area contributed by atoms with Crippen molar-refractivity contribution in [2.75, 3.05) is 19.7 Å². The number of benzene rings is 3. The molecule has 1 aliphatic heterocycles. The first-order valence-corrected chi connectivity index (χ1v) is 14.4. The highest BCUT2D eigenvalue weighted by Gasteiger charge is 2.28. The number of thiazole rings is 1. The smallest absolute Gasteiger partial charge is 0.271 e. The maximum Gasteiger partial charge on any atom is 0.271 e. The number of piperidine rings is 1. The highest BCUT2D eigenvalue weighted by molar-refractivity contribution is 7.09. The van der Waals surface area contributed by atoms with Gasteiger partial charge >= 0.3 is 0 Å². The summed E-state index contributed by atoms with van der Waals surface area (Å²) in [5, 5.41) is 15.3. The lowest BCUT2D eigenvalue weighted by molar-refractivity contribution is 0.0713. The number of amides is 2. The molecule has 5 rings (SSSR count). The molecule has 6 nitrogen and oxygen atoms in total. The number of carbonyl (C=O) groups is 2. The van der Waals surface area contributed by atoms with E-state index in [0.717, 1.165) is 34.5 Å². The van der Waals surface area contributed by atoms with Gasteiger partial charge in [0.15, 0.2) is 0 Å². The number of alkyl halides is 1. The molecule has 3 aromatic carbocycles. The van der Waals surface area contributed by atoms with Crippen LogP contribution >= 0.6 is 11.3 Å². The van der Waals surface area contributed by atoms with E-state index in [1.807, 2.05) is 71.6 Å². The highest BCUT2D eigenvalue weighted by Crippen LogP contribution is 2.33. The number of rotatable bonds is 8. The van der Waals surface area contributed by atoms with Crippen molar-refractivity contribution in [3.8, 4) is 11.1 Å². The Morgan fingerprint density at radius 1 is 1.00 bits per heavy atom. The van der Waals surface area contributed by atoms with Gasteiger partial charge in [-0.3, -0.25) is 9.59 Å². The van der Waals surface area contributed by atoms with Crippen molar-refractivity contribution in [2.45, 2.75) is 37.9 Å². The van der Waals surface area contributed by atoms with E-state index in [9.17, 15) is 19.1 Å². The number of carbonyl (C=O) groups excluding carboxylic acids is 2. The van der Waals surface area contributed by atoms with Gasteiger partial charge in [-0.05, 0) is 48.1 Å². The first-order valence-electron chi connectivity index (χ1n) is 13.5. The van der Waals surface area contributed by atoms with Gasteiger partial charge in [0, 0.05) is 30.0 Å². The van der Waals surface area contributed by atoms with Gasteiger partial charge in [-0.15, -0.1) is 11.3 Å². The van der Waals surface area contributed by atoms with Crippen LogP contribution in [0.5, 0.6) is 0 Å². The number of hydrogen-bond acceptors (Lipinski definition) is 5. The fourth-order valence-electron chi connectivity index (χ4n) is 5.08. The van der Waals surface area contributed by atoms with Crippen molar-refractivity contribution < 1.29 is 19.1 Å². The zero-order chi connectivity index (χ0) is 28.1. The van der Waals surface area contributed by atoms with Crippen LogP contribution in [0.15, 0.2) is 84.2 Å². The van der Waals surface area contributed by atoms with Crippen molar-refractivity contribution in [3.05, 3.63) is 112 Å². The molecule has 8 heteroatoms. The van der Waals surface area contributed by atoms with E-state index in [-0.39, 0.29) is 24.3 Å². The number of likely N-dealkylation sites (tertiary alicyclic amines) is 1. The van der Waals surface area contributed by atoms with Gasteiger partial charge in [0.2, 0.25) is 0 Å². The minimum absolute atomic E-state index is 0.0212. The molecule has 1 saturated heterocycles. The summed E-state index contributed by atoms with van der Waals surface area (Å²) in [6, 6.07) is 23.6. The van der Waals surface area contributed by atoms with Gasteiger partial charge in [-0.25, -0.2) is 9.37 Å². The summed E-state index contributed by atoms with van der Waals surface area (Å²) in [5.74, 6) is -0.167. The quantitative estimate of drug-likeness (QED) is 0.266. The fraction of sp³-hybridized carbons (Fsp3) is 0.281. The molecule has 0 bridgehead atoms. The zero-order valence-corrected chi connectivity index (χ0v) is 23.1. The number of nitrogens with zero attached hydrogens (tertiary/aromatic N) is 2. The fourth-order valence-corrected chi connectivity index (χ4v) is 6.05. The third kappa shape index (κ3) is 6.13. The average molecular weight is 558 g/mol. The van der Waals surface area contributed by atoms with Crippen molar-refractivity contribution in [1.29, 1.82) is 0 Å². The lowest BCUT2D eigenvalue weighted by Crippen LogP contribution is -2.38. The molecule has 40 heavy (non-hydrogen) atoms. The van der Waals surface area contributed by atoms with Crippen molar-refractivity contribution >= 4 is 23.2 Å². The number of halogens is 1. The molecule has 2 amide bonds. The Kier molecular flexibility index (Phi) is 8.67. The number of aliphatic hydroxyl groups excluding tert-OH is 1. The summed E-state index contributed by atoms with van der Waals surface area (Å²) in [7, 11) is 0. The molecule has 2 N–H and O–H groups in total. The van der Waals surface area contributed by atoms with Crippen LogP contribution < -0.4 is 5.32 Å². The normalized spacial score (nSPS) is 15.4. The van der Waals surface area contributed by atoms with Gasteiger partial charge in [0.05, 0.1) is 17.7 Å². The molecule has 1 aliphatic rings. The molecule has 1 aromatic heterocycles. The molecule has 0 saturated carbocycles. The Labute approximate surface area is 237 Å². The third-order valence-corrected chi connectivity index (χ3v) is 8.42. The van der Waals surface area contributed by atoms with E-state index in [4.69, 9.17) is 0 Å². The average Bonchev–Trinajstić information content (AvgIpc) is 3.51. The Hall–Kier alpha value is -3.88. The van der Waals surface area contributed by atoms with Crippen LogP contribution in [0.4, 0.5) is 4.39 Å². The van der Waals surface area contributed by atoms with E-state index in [2.05, 4.69) is 10.3 Å². The lowest BCUT2D eigenvalue weighted by atomic mass is 9.94. The topological polar surface area (TPSA) is 82.5 Å². The van der Waals surface area contributed by atoms with Gasteiger partial charge < -0.3 is 15.3 Å². The first kappa shape index (κ1) is 27.7. The molecule has 2 atom stereocenters. The van der Waals surface area contributed by atoms with Crippen LogP contribution in [0.3, 0.4) is 0 Å². The van der Waals surface area contributed by atoms with E-state index in [1.165, 1.54) is 18.3 Å². The summed E-state index contributed by atoms with van der Waals surface area (Å²) >= 11 is 1.46. The summed E-state index contributed by atoms with van der Waals surface area (Å²) in [5.41, 5.74) is 4.13. The summed E-state index contributed by atoms with van der Waals surface area (Å²) in [6.07, 6.45) is 0.478. The minimum atomic E-state index is -1.04. The van der Waals surface area contributed by atoms with Crippen LogP contribution in [0.25, 0.3) is 11.1 Å². The standard InChI is InChI=1S/C32H32FN3O3S/c1-21(33)22-11-13-23(14-12-22)26-9-5-6-10-27(26)32(39)36-17-15-25(16-18-36)31-35-29(20-40-31)30(38)34-28(19-37)24-7-3-2-4-8-24/h2-14,20-21,25,28,37H,15-19H2,1H3,(H,34,38). The Morgan fingerprint density at radius 3 is 2.35 bits per heavy atom. The summed E-state index contributed by atoms with van der Waals surface area (Å²) < 4.78 is 13.6. The summed E-state index contributed by atoms with van der Waals surface area (Å²) in [6.45, 7) is 2.50. The monoisotopic (exact) mass is 557 g/mol. The molecule has 1 fully saturated rings. The number of nitrogens with one attached hydrogen (secondary N) is 1. The second-order valence-electron chi connectivity index (χ2n) is 10.0. The predicted octanol–water partition coefficient (Wildman–Crippen LogP) is 6.32. The maximum absolute atomic E-state index is 13.6. The third-order valence-electron chi connectivity index (χ3n) is 7.41. The van der Waals surface area contributed by atoms with Crippen LogP contribution in [0.2, 0.25) is 0 Å². The molecule has 0 spiro atoms. The largest absolute Gasteiger partial charge is 0.394 e. The molecular formula is C32H32FN3O3S. The van der Waals surface area contributed by atoms with E-state index in [0.29, 0.717) is 29.9 Å². The van der Waals surface area contributed by atoms with E-state index >= 15 is 0 Å². The number of aliphatic hydroxyl groups is 1. The molecule has 206 valence electrons. The minimum Gasteiger partial charge on any atom is -0.394 e. The first-order chi connectivity index (χ1) is 19.4. The van der Waals surface area contributed by atoms with Crippen LogP contribution in [0, 0.1) is 0 Å². The molecular weight excluding hydrogens is 525 g/mol. The summed E-state index contributed by atoms with van der Waals surface area (Å²) in [4.78, 5) is 32.9. The van der Waals surface area contributed by atoms with Crippen LogP contribution in [0.1, 0.15) is 74.9 Å². The zero-order valence-electron chi connectivity index (χ0n) is 22.3. The maximum atomic E-state index is 13.6. The second-order valence-corrected chi connectivity index (χ2v) is 10.9. The van der Waals surface area contributed by atoms with Crippen LogP contribution in [-0.4, -0.2) is 46.5 Å². The Morgan fingerprint density at radius 2 is 1.68 bits per heavy atom. The number of hydrogen-bond donors (Lipinski definition) is 2. The Balaban J connectivity index is 1.22. The lowest BCUT2D eigenvalue weighted by Gasteiger charge is -2.31. The molecule has 2 heterocycles. The van der Waals surface area contributed by atoms with E-state index < -0.39 is 12.2 Å². The molecule has 2 unspecified atom stereocenters. The van der Waals surface area contributed by atoms with E-state index in [1.54, 1.807) is 17.5 Å². The SMILES string of the molecule is CC(F)c1ccc(-c2ccccc2C(=O)N2CCC(c3nc(C(=O)NC(CO)c4ccccc4)cs3)CC2)cc1. The molecule has 0 aliphatic carbocycles. The Bertz CT molecular complexity index is 1450. The predicted molar refractivity (Wildman–Crippen MR) is 155 cm³/mol. The molecule has 4 aromatic rings. The highest BCUT2D eigenvalue weighted by atomic mass is 32.1. The second kappa shape index (κ2) is 12.5. The van der Waals surface area contributed by atoms with Crippen molar-refractivity contribution in [1.82, 2.24) is 15.2 Å². The van der Waals surface area contributed by atoms with Crippen molar-refractivity contribution in [2.24, 2.45) is 0 Å². The van der Waals surface area contributed by atoms with Gasteiger partial charge in [0.1, 0.15) is 11.9 Å². The number of aromatic nitrogens is 1. The molecule has 0 radical (unpaired) electrons. The van der Waals surface area contributed by atoms with Gasteiger partial charge in [0.25, 0.3) is 11.8 Å². The van der Waals surface area contributed by atoms with Crippen molar-refractivity contribution in [3.63, 3.8) is 0 Å². The van der Waals surface area contributed by atoms with Gasteiger partial charge in [-0.1, -0.05) is 72.8 Å². The van der Waals surface area contributed by atoms with Crippen LogP contribution in [-0.2, 0) is 0 Å². The van der Waals surface area contributed by atoms with Gasteiger partial charge in [-0.2, -0.15) is 0 Å².